The van der Waals surface area contributed by atoms with Gasteiger partial charge in [-0.3, -0.25) is 24.0 Å². The second-order valence-corrected chi connectivity index (χ2v) is 7.31. The second-order valence-electron chi connectivity index (χ2n) is 7.31. The highest BCUT2D eigenvalue weighted by Gasteiger charge is 2.88. The average molecular weight is 356 g/mol. The zero-order chi connectivity index (χ0) is 18.9. The van der Waals surface area contributed by atoms with E-state index in [2.05, 4.69) is 0 Å². The SMILES string of the molecule is O=C(O)C1C2CC3CC(C(=O)O)(C2)C(C(=O)O)(C(=O)O)C1(C(=O)O)C3. The van der Waals surface area contributed by atoms with E-state index in [4.69, 9.17) is 0 Å². The Morgan fingerprint density at radius 1 is 0.720 bits per heavy atom. The molecule has 25 heavy (non-hydrogen) atoms. The van der Waals surface area contributed by atoms with Crippen molar-refractivity contribution >= 4 is 29.8 Å². The molecule has 4 saturated carbocycles. The lowest BCUT2D eigenvalue weighted by Gasteiger charge is -2.67. The monoisotopic (exact) mass is 356 g/mol. The quantitative estimate of drug-likeness (QED) is 0.413. The lowest BCUT2D eigenvalue weighted by Crippen LogP contribution is -2.79. The second kappa shape index (κ2) is 4.70. The van der Waals surface area contributed by atoms with Crippen LogP contribution in [-0.2, 0) is 24.0 Å². The molecule has 5 unspecified atom stereocenters. The Morgan fingerprint density at radius 2 is 1.28 bits per heavy atom. The third-order valence-electron chi connectivity index (χ3n) is 6.58. The summed E-state index contributed by atoms with van der Waals surface area (Å²) in [5.41, 5.74) is -8.34. The molecule has 0 aromatic heterocycles. The van der Waals surface area contributed by atoms with Crippen LogP contribution >= 0.6 is 0 Å². The number of hydrogen-bond acceptors (Lipinski definition) is 5. The third-order valence-corrected chi connectivity index (χ3v) is 6.58. The van der Waals surface area contributed by atoms with E-state index < -0.39 is 76.7 Å². The molecule has 4 bridgehead atoms. The van der Waals surface area contributed by atoms with Gasteiger partial charge in [0.05, 0.1) is 11.3 Å². The Labute approximate surface area is 140 Å². The standard InChI is InChI=1S/C15H16O10/c16-8(17)7-6-1-5-2-13(4-6,9(18)19)15(11(22)23,12(24)25)14(7,3-5)10(20)21/h5-7H,1-4H2,(H,16,17)(H,18,19)(H,20,21)(H,22,23)(H,24,25). The van der Waals surface area contributed by atoms with E-state index in [1.165, 1.54) is 0 Å². The van der Waals surface area contributed by atoms with Crippen LogP contribution in [0.5, 0.6) is 0 Å². The Morgan fingerprint density at radius 3 is 1.68 bits per heavy atom. The van der Waals surface area contributed by atoms with E-state index in [9.17, 15) is 49.5 Å². The zero-order valence-electron chi connectivity index (χ0n) is 12.8. The van der Waals surface area contributed by atoms with Gasteiger partial charge < -0.3 is 25.5 Å². The molecule has 10 nitrogen and oxygen atoms in total. The minimum Gasteiger partial charge on any atom is -0.481 e. The molecule has 0 aromatic carbocycles. The summed E-state index contributed by atoms with van der Waals surface area (Å²) in [5.74, 6) is -12.7. The molecule has 136 valence electrons. The summed E-state index contributed by atoms with van der Waals surface area (Å²) in [4.78, 5) is 60.3. The molecule has 4 fully saturated rings. The van der Waals surface area contributed by atoms with Gasteiger partial charge in [0.2, 0.25) is 0 Å². The van der Waals surface area contributed by atoms with Crippen LogP contribution in [-0.4, -0.2) is 55.4 Å². The predicted molar refractivity (Wildman–Crippen MR) is 74.4 cm³/mol. The summed E-state index contributed by atoms with van der Waals surface area (Å²) in [7, 11) is 0. The first-order chi connectivity index (χ1) is 11.5. The Balaban J connectivity index is 2.48. The molecule has 0 saturated heterocycles. The van der Waals surface area contributed by atoms with Crippen LogP contribution in [0.3, 0.4) is 0 Å². The largest absolute Gasteiger partial charge is 0.481 e. The van der Waals surface area contributed by atoms with Crippen LogP contribution in [0, 0.1) is 34.0 Å². The molecular weight excluding hydrogens is 340 g/mol. The zero-order valence-corrected chi connectivity index (χ0v) is 12.8. The molecule has 10 heteroatoms. The maximum Gasteiger partial charge on any atom is 0.323 e. The lowest BCUT2D eigenvalue weighted by atomic mass is 9.30. The smallest absolute Gasteiger partial charge is 0.323 e. The number of hydrogen-bond donors (Lipinski definition) is 5. The van der Waals surface area contributed by atoms with Crippen molar-refractivity contribution in [3.8, 4) is 0 Å². The molecule has 0 heterocycles. The molecule has 4 aliphatic carbocycles. The Bertz CT molecular complexity index is 712. The van der Waals surface area contributed by atoms with Gasteiger partial charge in [0.15, 0.2) is 5.41 Å². The van der Waals surface area contributed by atoms with Gasteiger partial charge in [-0.1, -0.05) is 0 Å². The normalized spacial score (nSPS) is 40.4. The number of aliphatic carboxylic acids is 5. The summed E-state index contributed by atoms with van der Waals surface area (Å²) in [6.45, 7) is 0. The van der Waals surface area contributed by atoms with Gasteiger partial charge in [0.1, 0.15) is 5.41 Å². The summed E-state index contributed by atoms with van der Waals surface area (Å²) in [6, 6.07) is 0. The first kappa shape index (κ1) is 17.2. The van der Waals surface area contributed by atoms with Crippen molar-refractivity contribution in [2.45, 2.75) is 25.7 Å². The highest BCUT2D eigenvalue weighted by molar-refractivity contribution is 6.10. The van der Waals surface area contributed by atoms with Crippen molar-refractivity contribution in [1.29, 1.82) is 0 Å². The van der Waals surface area contributed by atoms with E-state index in [-0.39, 0.29) is 12.8 Å². The number of carboxylic acid groups (broad SMARTS) is 5. The Kier molecular flexibility index (Phi) is 3.23. The molecule has 5 atom stereocenters. The van der Waals surface area contributed by atoms with Gasteiger partial charge in [-0.05, 0) is 37.5 Å². The maximum absolute atomic E-state index is 12.2. The fraction of sp³-hybridized carbons (Fsp3) is 0.667. The van der Waals surface area contributed by atoms with E-state index in [0.717, 1.165) is 0 Å². The summed E-state index contributed by atoms with van der Waals surface area (Å²) in [5, 5.41) is 48.8. The van der Waals surface area contributed by atoms with Crippen LogP contribution < -0.4 is 0 Å². The fourth-order valence-electron chi connectivity index (χ4n) is 6.14. The van der Waals surface area contributed by atoms with Gasteiger partial charge in [-0.2, -0.15) is 0 Å². The number of rotatable bonds is 5. The molecule has 0 radical (unpaired) electrons. The van der Waals surface area contributed by atoms with E-state index >= 15 is 0 Å². The molecule has 4 aliphatic rings. The molecule has 0 spiro atoms. The molecule has 5 N–H and O–H groups in total. The molecule has 0 aromatic rings. The summed E-state index contributed by atoms with van der Waals surface area (Å²) in [6.07, 6.45) is -1.01. The maximum atomic E-state index is 12.2. The third kappa shape index (κ3) is 1.53. The van der Waals surface area contributed by atoms with Crippen LogP contribution in [0.1, 0.15) is 25.7 Å². The molecule has 4 rings (SSSR count). The minimum atomic E-state index is -3.26. The molecule has 0 amide bonds. The van der Waals surface area contributed by atoms with Crippen LogP contribution in [0.2, 0.25) is 0 Å². The predicted octanol–water partition coefficient (Wildman–Crippen LogP) is -0.182. The Hall–Kier alpha value is -2.65. The average Bonchev–Trinajstić information content (AvgIpc) is 2.44. The van der Waals surface area contributed by atoms with Gasteiger partial charge in [-0.25, -0.2) is 0 Å². The van der Waals surface area contributed by atoms with Crippen molar-refractivity contribution in [2.24, 2.45) is 34.0 Å². The summed E-state index contributed by atoms with van der Waals surface area (Å²) >= 11 is 0. The minimum absolute atomic E-state index is 0.246. The molecular formula is C15H16O10. The van der Waals surface area contributed by atoms with Crippen LogP contribution in [0.25, 0.3) is 0 Å². The highest BCUT2D eigenvalue weighted by Crippen LogP contribution is 2.76. The van der Waals surface area contributed by atoms with Gasteiger partial charge >= 0.3 is 29.8 Å². The van der Waals surface area contributed by atoms with Gasteiger partial charge in [-0.15, -0.1) is 0 Å². The van der Waals surface area contributed by atoms with E-state index in [1.54, 1.807) is 0 Å². The fourth-order valence-corrected chi connectivity index (χ4v) is 6.14. The van der Waals surface area contributed by atoms with Crippen LogP contribution in [0.4, 0.5) is 0 Å². The summed E-state index contributed by atoms with van der Waals surface area (Å²) < 4.78 is 0. The first-order valence-corrected chi connectivity index (χ1v) is 7.65. The van der Waals surface area contributed by atoms with Gasteiger partial charge in [0, 0.05) is 0 Å². The number of carboxylic acids is 5. The van der Waals surface area contributed by atoms with Crippen LogP contribution in [0.15, 0.2) is 0 Å². The van der Waals surface area contributed by atoms with E-state index in [1.807, 2.05) is 0 Å². The topological polar surface area (TPSA) is 186 Å². The first-order valence-electron chi connectivity index (χ1n) is 7.65. The van der Waals surface area contributed by atoms with Gasteiger partial charge in [0.25, 0.3) is 0 Å². The van der Waals surface area contributed by atoms with Crippen molar-refractivity contribution < 1.29 is 49.5 Å². The lowest BCUT2D eigenvalue weighted by molar-refractivity contribution is -0.265. The van der Waals surface area contributed by atoms with Crippen molar-refractivity contribution in [1.82, 2.24) is 0 Å². The number of carbonyl (C=O) groups is 5. The van der Waals surface area contributed by atoms with Crippen molar-refractivity contribution in [2.75, 3.05) is 0 Å². The van der Waals surface area contributed by atoms with Crippen molar-refractivity contribution in [3.05, 3.63) is 0 Å². The van der Waals surface area contributed by atoms with Crippen molar-refractivity contribution in [3.63, 3.8) is 0 Å². The van der Waals surface area contributed by atoms with E-state index in [0.29, 0.717) is 0 Å². The molecule has 0 aliphatic heterocycles. The highest BCUT2D eigenvalue weighted by atomic mass is 16.4.